The van der Waals surface area contributed by atoms with Crippen LogP contribution in [0.2, 0.25) is 5.02 Å². The first-order valence-corrected chi connectivity index (χ1v) is 6.04. The SMILES string of the molecule is Cn1ccc(-c2noc(N)c2-c2ccccc2Cl)n1. The van der Waals surface area contributed by atoms with E-state index in [-0.39, 0.29) is 5.88 Å². The molecule has 0 saturated carbocycles. The topological polar surface area (TPSA) is 69.9 Å². The largest absolute Gasteiger partial charge is 0.367 e. The first-order valence-electron chi connectivity index (χ1n) is 5.67. The van der Waals surface area contributed by atoms with Crippen molar-refractivity contribution in [1.82, 2.24) is 14.9 Å². The summed E-state index contributed by atoms with van der Waals surface area (Å²) < 4.78 is 6.78. The molecule has 19 heavy (non-hydrogen) atoms. The van der Waals surface area contributed by atoms with E-state index in [1.807, 2.05) is 37.5 Å². The Morgan fingerprint density at radius 1 is 1.26 bits per heavy atom. The van der Waals surface area contributed by atoms with Gasteiger partial charge in [0.1, 0.15) is 11.4 Å². The van der Waals surface area contributed by atoms with Crippen LogP contribution in [0.1, 0.15) is 0 Å². The molecule has 3 rings (SSSR count). The van der Waals surface area contributed by atoms with Gasteiger partial charge in [-0.2, -0.15) is 5.10 Å². The maximum Gasteiger partial charge on any atom is 0.230 e. The smallest absolute Gasteiger partial charge is 0.230 e. The maximum absolute atomic E-state index is 6.20. The quantitative estimate of drug-likeness (QED) is 0.780. The van der Waals surface area contributed by atoms with Crippen LogP contribution in [-0.2, 0) is 7.05 Å². The summed E-state index contributed by atoms with van der Waals surface area (Å²) in [5, 5.41) is 8.88. The molecule has 0 bridgehead atoms. The molecule has 0 aliphatic carbocycles. The first kappa shape index (κ1) is 11.8. The molecule has 0 radical (unpaired) electrons. The van der Waals surface area contributed by atoms with Crippen LogP contribution in [0.15, 0.2) is 41.1 Å². The number of hydrogen-bond acceptors (Lipinski definition) is 4. The summed E-state index contributed by atoms with van der Waals surface area (Å²) in [5.41, 5.74) is 8.60. The van der Waals surface area contributed by atoms with Crippen molar-refractivity contribution in [3.05, 3.63) is 41.6 Å². The van der Waals surface area contributed by atoms with Crippen LogP contribution in [0, 0.1) is 0 Å². The van der Waals surface area contributed by atoms with Crippen LogP contribution in [0.3, 0.4) is 0 Å². The molecular formula is C13H11ClN4O. The number of nitrogens with zero attached hydrogens (tertiary/aromatic N) is 3. The zero-order chi connectivity index (χ0) is 13.4. The van der Waals surface area contributed by atoms with E-state index in [1.165, 1.54) is 0 Å². The number of anilines is 1. The van der Waals surface area contributed by atoms with Gasteiger partial charge in [0.05, 0.1) is 5.56 Å². The molecular weight excluding hydrogens is 264 g/mol. The van der Waals surface area contributed by atoms with Gasteiger partial charge in [-0.15, -0.1) is 0 Å². The van der Waals surface area contributed by atoms with Gasteiger partial charge >= 0.3 is 0 Å². The lowest BCUT2D eigenvalue weighted by Gasteiger charge is -2.03. The van der Waals surface area contributed by atoms with Crippen molar-refractivity contribution in [3.8, 4) is 22.5 Å². The average molecular weight is 275 g/mol. The van der Waals surface area contributed by atoms with Crippen LogP contribution < -0.4 is 5.73 Å². The number of aryl methyl sites for hydroxylation is 1. The molecule has 2 aromatic heterocycles. The van der Waals surface area contributed by atoms with E-state index >= 15 is 0 Å². The summed E-state index contributed by atoms with van der Waals surface area (Å²) in [5.74, 6) is 0.230. The van der Waals surface area contributed by atoms with E-state index in [0.717, 1.165) is 5.56 Å². The van der Waals surface area contributed by atoms with Gasteiger partial charge in [-0.05, 0) is 12.1 Å². The Kier molecular flexibility index (Phi) is 2.76. The van der Waals surface area contributed by atoms with Gasteiger partial charge in [-0.1, -0.05) is 35.0 Å². The molecule has 0 fully saturated rings. The van der Waals surface area contributed by atoms with Gasteiger partial charge in [0.25, 0.3) is 0 Å². The van der Waals surface area contributed by atoms with Gasteiger partial charge < -0.3 is 10.3 Å². The summed E-state index contributed by atoms with van der Waals surface area (Å²) in [4.78, 5) is 0. The Hall–Kier alpha value is -2.27. The highest BCUT2D eigenvalue weighted by atomic mass is 35.5. The number of nitrogens with two attached hydrogens (primary N) is 1. The molecule has 0 amide bonds. The molecule has 1 aromatic carbocycles. The summed E-state index contributed by atoms with van der Waals surface area (Å²) in [6.07, 6.45) is 1.83. The maximum atomic E-state index is 6.20. The normalized spacial score (nSPS) is 10.8. The summed E-state index contributed by atoms with van der Waals surface area (Å²) in [6.45, 7) is 0. The third kappa shape index (κ3) is 1.98. The van der Waals surface area contributed by atoms with E-state index in [9.17, 15) is 0 Å². The van der Waals surface area contributed by atoms with Crippen molar-refractivity contribution < 1.29 is 4.52 Å². The molecule has 6 heteroatoms. The lowest BCUT2D eigenvalue weighted by atomic mass is 10.0. The Bertz CT molecular complexity index is 732. The van der Waals surface area contributed by atoms with E-state index in [2.05, 4.69) is 10.3 Å². The summed E-state index contributed by atoms with van der Waals surface area (Å²) in [7, 11) is 1.84. The van der Waals surface area contributed by atoms with Gasteiger partial charge in [-0.3, -0.25) is 4.68 Å². The number of hydrogen-bond donors (Lipinski definition) is 1. The van der Waals surface area contributed by atoms with Crippen molar-refractivity contribution in [1.29, 1.82) is 0 Å². The number of benzene rings is 1. The minimum absolute atomic E-state index is 0.230. The summed E-state index contributed by atoms with van der Waals surface area (Å²) in [6, 6.07) is 9.26. The van der Waals surface area contributed by atoms with Crippen molar-refractivity contribution in [2.75, 3.05) is 5.73 Å². The second-order valence-corrected chi connectivity index (χ2v) is 4.53. The molecule has 3 aromatic rings. The predicted octanol–water partition coefficient (Wildman–Crippen LogP) is 2.98. The lowest BCUT2D eigenvalue weighted by Crippen LogP contribution is -1.91. The van der Waals surface area contributed by atoms with E-state index in [4.69, 9.17) is 21.9 Å². The molecule has 0 atom stereocenters. The number of halogens is 1. The molecule has 0 saturated heterocycles. The van der Waals surface area contributed by atoms with Crippen LogP contribution in [-0.4, -0.2) is 14.9 Å². The van der Waals surface area contributed by atoms with Gasteiger partial charge in [0, 0.05) is 23.8 Å². The Morgan fingerprint density at radius 2 is 2.05 bits per heavy atom. The Balaban J connectivity index is 2.22. The predicted molar refractivity (Wildman–Crippen MR) is 73.6 cm³/mol. The third-order valence-electron chi connectivity index (χ3n) is 2.82. The van der Waals surface area contributed by atoms with E-state index in [1.54, 1.807) is 10.7 Å². The van der Waals surface area contributed by atoms with Crippen molar-refractivity contribution in [2.24, 2.45) is 7.05 Å². The number of rotatable bonds is 2. The van der Waals surface area contributed by atoms with Crippen LogP contribution in [0.4, 0.5) is 5.88 Å². The minimum Gasteiger partial charge on any atom is -0.367 e. The first-order chi connectivity index (χ1) is 9.16. The third-order valence-corrected chi connectivity index (χ3v) is 3.15. The second-order valence-electron chi connectivity index (χ2n) is 4.12. The zero-order valence-corrected chi connectivity index (χ0v) is 10.9. The molecule has 5 nitrogen and oxygen atoms in total. The second kappa shape index (κ2) is 4.44. The molecule has 0 aliphatic rings. The molecule has 96 valence electrons. The zero-order valence-electron chi connectivity index (χ0n) is 10.2. The van der Waals surface area contributed by atoms with Crippen molar-refractivity contribution >= 4 is 17.5 Å². The molecule has 2 N–H and O–H groups in total. The Labute approximate surface area is 114 Å². The molecule has 0 spiro atoms. The van der Waals surface area contributed by atoms with E-state index in [0.29, 0.717) is 22.0 Å². The molecule has 0 aliphatic heterocycles. The Morgan fingerprint density at radius 3 is 2.74 bits per heavy atom. The van der Waals surface area contributed by atoms with Gasteiger partial charge in [-0.25, -0.2) is 0 Å². The highest BCUT2D eigenvalue weighted by Gasteiger charge is 2.20. The molecule has 0 unspecified atom stereocenters. The number of nitrogen functional groups attached to an aromatic ring is 1. The monoisotopic (exact) mass is 274 g/mol. The fourth-order valence-electron chi connectivity index (χ4n) is 1.94. The average Bonchev–Trinajstić information content (AvgIpc) is 2.96. The fourth-order valence-corrected chi connectivity index (χ4v) is 2.17. The van der Waals surface area contributed by atoms with Gasteiger partial charge in [0.2, 0.25) is 5.88 Å². The van der Waals surface area contributed by atoms with Crippen LogP contribution in [0.5, 0.6) is 0 Å². The standard InChI is InChI=1S/C13H11ClN4O/c1-18-7-6-10(16-18)12-11(13(15)19-17-12)8-4-2-3-5-9(8)14/h2-7H,15H2,1H3. The van der Waals surface area contributed by atoms with Crippen LogP contribution in [0.25, 0.3) is 22.5 Å². The lowest BCUT2D eigenvalue weighted by molar-refractivity contribution is 0.439. The highest BCUT2D eigenvalue weighted by Crippen LogP contribution is 2.38. The van der Waals surface area contributed by atoms with Crippen molar-refractivity contribution in [3.63, 3.8) is 0 Å². The van der Waals surface area contributed by atoms with Crippen LogP contribution >= 0.6 is 11.6 Å². The number of aromatic nitrogens is 3. The highest BCUT2D eigenvalue weighted by molar-refractivity contribution is 6.33. The van der Waals surface area contributed by atoms with E-state index < -0.39 is 0 Å². The minimum atomic E-state index is 0.230. The van der Waals surface area contributed by atoms with Crippen molar-refractivity contribution in [2.45, 2.75) is 0 Å². The van der Waals surface area contributed by atoms with Gasteiger partial charge in [0.15, 0.2) is 0 Å². The summed E-state index contributed by atoms with van der Waals surface area (Å²) >= 11 is 6.20. The fraction of sp³-hybridized carbons (Fsp3) is 0.0769. The molecule has 2 heterocycles.